The Bertz CT molecular complexity index is 889. The summed E-state index contributed by atoms with van der Waals surface area (Å²) in [6.07, 6.45) is 0.112. The molecule has 1 aliphatic rings. The summed E-state index contributed by atoms with van der Waals surface area (Å²) in [4.78, 5) is 11.7. The van der Waals surface area contributed by atoms with Crippen molar-refractivity contribution in [1.82, 2.24) is 0 Å². The van der Waals surface area contributed by atoms with Crippen molar-refractivity contribution in [1.29, 1.82) is 0 Å². The maximum Gasteiger partial charge on any atom is 0.411 e. The van der Waals surface area contributed by atoms with Crippen molar-refractivity contribution in [2.75, 3.05) is 30.0 Å². The van der Waals surface area contributed by atoms with E-state index in [-0.39, 0.29) is 37.9 Å². The molecular weight excluding hydrogens is 442 g/mol. The molecule has 0 radical (unpaired) electrons. The predicted octanol–water partition coefficient (Wildman–Crippen LogP) is 4.43. The van der Waals surface area contributed by atoms with Crippen molar-refractivity contribution < 1.29 is 29.2 Å². The van der Waals surface area contributed by atoms with E-state index < -0.39 is 12.4 Å². The van der Waals surface area contributed by atoms with E-state index in [0.29, 0.717) is 11.4 Å². The van der Waals surface area contributed by atoms with Crippen LogP contribution in [0.5, 0.6) is 0 Å². The maximum atomic E-state index is 11.7. The monoisotopic (exact) mass is 473 g/mol. The van der Waals surface area contributed by atoms with Crippen LogP contribution in [-0.4, -0.2) is 47.1 Å². The molecule has 1 saturated heterocycles. The third kappa shape index (κ3) is 7.06. The highest BCUT2D eigenvalue weighted by atomic mass is 32.2. The Labute approximate surface area is 198 Å². The Hall–Kier alpha value is -2.36. The Kier molecular flexibility index (Phi) is 9.77. The lowest BCUT2D eigenvalue weighted by atomic mass is 9.91. The SMILES string of the molecule is C=CCOC(=O)Nc1ccc(C2OC(CSCCO)C(C)C(c3ccc(CO)cc3)O2)cc1. The Morgan fingerprint density at radius 1 is 1.12 bits per heavy atom. The van der Waals surface area contributed by atoms with Crippen molar-refractivity contribution in [2.24, 2.45) is 5.92 Å². The van der Waals surface area contributed by atoms with Crippen LogP contribution in [0.2, 0.25) is 0 Å². The number of rotatable bonds is 10. The van der Waals surface area contributed by atoms with Crippen LogP contribution in [0.1, 0.15) is 36.0 Å². The van der Waals surface area contributed by atoms with Gasteiger partial charge in [-0.05, 0) is 23.3 Å². The fourth-order valence-corrected chi connectivity index (χ4v) is 4.50. The van der Waals surface area contributed by atoms with E-state index in [2.05, 4.69) is 18.8 Å². The number of anilines is 1. The standard InChI is InChI=1S/C25H31NO6S/c1-3-13-30-25(29)26-21-10-8-20(9-11-21)24-31-22(16-33-14-12-27)17(2)23(32-24)19-6-4-18(15-28)5-7-19/h3-11,17,22-24,27-28H,1,12-16H2,2H3,(H,26,29). The van der Waals surface area contributed by atoms with Gasteiger partial charge in [0.15, 0.2) is 6.29 Å². The lowest BCUT2D eigenvalue weighted by Crippen LogP contribution is -2.38. The maximum absolute atomic E-state index is 11.7. The number of hydrogen-bond acceptors (Lipinski definition) is 7. The van der Waals surface area contributed by atoms with Gasteiger partial charge < -0.3 is 24.4 Å². The minimum atomic E-state index is -0.579. The molecule has 0 aromatic heterocycles. The summed E-state index contributed by atoms with van der Waals surface area (Å²) in [7, 11) is 0. The summed E-state index contributed by atoms with van der Waals surface area (Å²) in [5, 5.41) is 21.2. The first-order valence-corrected chi connectivity index (χ1v) is 12.0. The number of aliphatic hydroxyl groups is 2. The quantitative estimate of drug-likeness (QED) is 0.347. The molecule has 1 amide bonds. The first-order valence-electron chi connectivity index (χ1n) is 10.9. The Morgan fingerprint density at radius 3 is 2.45 bits per heavy atom. The molecule has 4 unspecified atom stereocenters. The summed E-state index contributed by atoms with van der Waals surface area (Å²) in [5.41, 5.74) is 3.30. The first-order chi connectivity index (χ1) is 16.0. The highest BCUT2D eigenvalue weighted by Gasteiger charge is 2.38. The van der Waals surface area contributed by atoms with E-state index in [4.69, 9.17) is 19.3 Å². The van der Waals surface area contributed by atoms with Gasteiger partial charge in [-0.2, -0.15) is 11.8 Å². The average Bonchev–Trinajstić information content (AvgIpc) is 2.84. The fraction of sp³-hybridized carbons (Fsp3) is 0.400. The Morgan fingerprint density at radius 2 is 1.82 bits per heavy atom. The topological polar surface area (TPSA) is 97.3 Å². The summed E-state index contributed by atoms with van der Waals surface area (Å²) in [6.45, 7) is 5.88. The van der Waals surface area contributed by atoms with Gasteiger partial charge in [-0.25, -0.2) is 4.79 Å². The highest BCUT2D eigenvalue weighted by molar-refractivity contribution is 7.99. The largest absolute Gasteiger partial charge is 0.445 e. The number of benzene rings is 2. The van der Waals surface area contributed by atoms with Crippen LogP contribution in [0.4, 0.5) is 10.5 Å². The smallest absolute Gasteiger partial charge is 0.411 e. The second-order valence-corrected chi connectivity index (χ2v) is 8.90. The lowest BCUT2D eigenvalue weighted by molar-refractivity contribution is -0.268. The zero-order chi connectivity index (χ0) is 23.6. The van der Waals surface area contributed by atoms with E-state index in [9.17, 15) is 9.90 Å². The molecular formula is C25H31NO6S. The molecule has 1 fully saturated rings. The summed E-state index contributed by atoms with van der Waals surface area (Å²) in [5.74, 6) is 1.48. The molecule has 0 aliphatic carbocycles. The highest BCUT2D eigenvalue weighted by Crippen LogP contribution is 2.42. The second-order valence-electron chi connectivity index (χ2n) is 7.75. The molecule has 1 aliphatic heterocycles. The van der Waals surface area contributed by atoms with Crippen LogP contribution in [0.3, 0.4) is 0 Å². The van der Waals surface area contributed by atoms with Gasteiger partial charge in [0.1, 0.15) is 6.61 Å². The number of thioether (sulfide) groups is 1. The van der Waals surface area contributed by atoms with Gasteiger partial charge in [0, 0.05) is 28.7 Å². The number of ether oxygens (including phenoxy) is 3. The number of aliphatic hydroxyl groups excluding tert-OH is 2. The molecule has 7 nitrogen and oxygen atoms in total. The van der Waals surface area contributed by atoms with E-state index >= 15 is 0 Å². The average molecular weight is 474 g/mol. The van der Waals surface area contributed by atoms with Crippen molar-refractivity contribution in [3.63, 3.8) is 0 Å². The third-order valence-electron chi connectivity index (χ3n) is 5.40. The van der Waals surface area contributed by atoms with E-state index in [1.807, 2.05) is 36.4 Å². The molecule has 3 rings (SSSR count). The molecule has 0 bridgehead atoms. The molecule has 3 N–H and O–H groups in total. The minimum absolute atomic E-state index is 0.00493. The number of carbonyl (C=O) groups is 1. The van der Waals surface area contributed by atoms with Gasteiger partial charge in [-0.15, -0.1) is 0 Å². The van der Waals surface area contributed by atoms with Crippen LogP contribution in [-0.2, 0) is 20.8 Å². The molecule has 8 heteroatoms. The van der Waals surface area contributed by atoms with E-state index in [1.165, 1.54) is 6.08 Å². The Balaban J connectivity index is 1.76. The number of hydrogen-bond donors (Lipinski definition) is 3. The summed E-state index contributed by atoms with van der Waals surface area (Å²) >= 11 is 1.65. The van der Waals surface area contributed by atoms with Crippen LogP contribution < -0.4 is 5.32 Å². The molecule has 178 valence electrons. The molecule has 0 saturated carbocycles. The molecule has 2 aromatic rings. The molecule has 1 heterocycles. The number of nitrogens with one attached hydrogen (secondary N) is 1. The molecule has 2 aromatic carbocycles. The second kappa shape index (κ2) is 12.8. The van der Waals surface area contributed by atoms with Crippen LogP contribution in [0, 0.1) is 5.92 Å². The fourth-order valence-electron chi connectivity index (χ4n) is 3.59. The van der Waals surface area contributed by atoms with Crippen LogP contribution in [0.15, 0.2) is 61.2 Å². The molecule has 4 atom stereocenters. The minimum Gasteiger partial charge on any atom is -0.445 e. The zero-order valence-electron chi connectivity index (χ0n) is 18.7. The van der Waals surface area contributed by atoms with Crippen LogP contribution >= 0.6 is 11.8 Å². The van der Waals surface area contributed by atoms with Gasteiger partial charge in [-0.1, -0.05) is 56.0 Å². The van der Waals surface area contributed by atoms with Gasteiger partial charge >= 0.3 is 6.09 Å². The molecule has 33 heavy (non-hydrogen) atoms. The van der Waals surface area contributed by atoms with Crippen molar-refractivity contribution >= 4 is 23.5 Å². The van der Waals surface area contributed by atoms with Gasteiger partial charge in [-0.3, -0.25) is 5.32 Å². The normalized spacial score (nSPS) is 22.5. The predicted molar refractivity (Wildman–Crippen MR) is 129 cm³/mol. The van der Waals surface area contributed by atoms with Gasteiger partial charge in [0.2, 0.25) is 0 Å². The first kappa shape index (κ1) is 25.3. The van der Waals surface area contributed by atoms with Gasteiger partial charge in [0.25, 0.3) is 0 Å². The third-order valence-corrected chi connectivity index (χ3v) is 6.44. The van der Waals surface area contributed by atoms with E-state index in [1.54, 1.807) is 23.9 Å². The van der Waals surface area contributed by atoms with E-state index in [0.717, 1.165) is 22.4 Å². The van der Waals surface area contributed by atoms with Crippen molar-refractivity contribution in [2.45, 2.75) is 32.0 Å². The summed E-state index contributed by atoms with van der Waals surface area (Å²) < 4.78 is 17.6. The van der Waals surface area contributed by atoms with Crippen LogP contribution in [0.25, 0.3) is 0 Å². The zero-order valence-corrected chi connectivity index (χ0v) is 19.5. The van der Waals surface area contributed by atoms with Gasteiger partial charge in [0.05, 0.1) is 25.4 Å². The lowest BCUT2D eigenvalue weighted by Gasteiger charge is -2.41. The number of amides is 1. The number of carbonyl (C=O) groups excluding carboxylic acids is 1. The van der Waals surface area contributed by atoms with Crippen molar-refractivity contribution in [3.05, 3.63) is 77.9 Å². The van der Waals surface area contributed by atoms with Crippen molar-refractivity contribution in [3.8, 4) is 0 Å². The molecule has 0 spiro atoms. The summed E-state index contributed by atoms with van der Waals surface area (Å²) in [6, 6.07) is 15.0.